The molecule has 1 heteroatoms. The van der Waals surface area contributed by atoms with Crippen molar-refractivity contribution in [1.82, 2.24) is 5.32 Å². The molecule has 0 saturated heterocycles. The van der Waals surface area contributed by atoms with Crippen LogP contribution in [0, 0.1) is 11.8 Å². The minimum Gasteiger partial charge on any atom is -0.316 e. The van der Waals surface area contributed by atoms with Crippen LogP contribution in [0.25, 0.3) is 0 Å². The molecule has 1 heterocycles. The first kappa shape index (κ1) is 13.9. The molecular weight excluding hydrogens is 254 g/mol. The molecule has 0 bridgehead atoms. The third-order valence-electron chi connectivity index (χ3n) is 4.00. The molecule has 2 aromatic rings. The van der Waals surface area contributed by atoms with E-state index in [0.717, 1.165) is 38.8 Å². The van der Waals surface area contributed by atoms with Gasteiger partial charge in [-0.1, -0.05) is 54.3 Å². The smallest absolute Gasteiger partial charge is 0.0280 e. The minimum absolute atomic E-state index is 0.923. The Hall–Kier alpha value is -2.04. The average Bonchev–Trinajstić information content (AvgIpc) is 2.78. The Morgan fingerprint density at radius 2 is 1.76 bits per heavy atom. The molecule has 1 nitrogen and oxygen atoms in total. The summed E-state index contributed by atoms with van der Waals surface area (Å²) in [4.78, 5) is 0. The zero-order valence-electron chi connectivity index (χ0n) is 12.4. The second kappa shape index (κ2) is 7.11. The molecule has 1 aliphatic heterocycles. The fourth-order valence-corrected chi connectivity index (χ4v) is 2.85. The minimum atomic E-state index is 0.923. The van der Waals surface area contributed by atoms with Gasteiger partial charge in [0, 0.05) is 12.0 Å². The lowest BCUT2D eigenvalue weighted by molar-refractivity contribution is 0.711. The quantitative estimate of drug-likeness (QED) is 0.829. The van der Waals surface area contributed by atoms with E-state index in [1.165, 1.54) is 22.3 Å². The Bertz CT molecular complexity index is 647. The number of fused-ring (bicyclic) bond motifs is 1. The highest BCUT2D eigenvalue weighted by atomic mass is 14.8. The SMILES string of the molecule is C(#Cc1cccc2c1CCNCC2)CCc1ccccc1. The summed E-state index contributed by atoms with van der Waals surface area (Å²) in [6, 6.07) is 17.1. The van der Waals surface area contributed by atoms with E-state index < -0.39 is 0 Å². The van der Waals surface area contributed by atoms with Crippen molar-refractivity contribution in [2.75, 3.05) is 13.1 Å². The summed E-state index contributed by atoms with van der Waals surface area (Å²) in [5.74, 6) is 6.74. The highest BCUT2D eigenvalue weighted by Crippen LogP contribution is 2.17. The van der Waals surface area contributed by atoms with Gasteiger partial charge in [-0.2, -0.15) is 0 Å². The largest absolute Gasteiger partial charge is 0.316 e. The number of aryl methyl sites for hydroxylation is 1. The molecule has 3 rings (SSSR count). The van der Waals surface area contributed by atoms with Crippen LogP contribution in [-0.4, -0.2) is 13.1 Å². The van der Waals surface area contributed by atoms with Crippen LogP contribution in [0.3, 0.4) is 0 Å². The van der Waals surface area contributed by atoms with E-state index in [9.17, 15) is 0 Å². The first-order chi connectivity index (χ1) is 10.4. The lowest BCUT2D eigenvalue weighted by atomic mass is 9.97. The van der Waals surface area contributed by atoms with Crippen molar-refractivity contribution in [2.24, 2.45) is 0 Å². The zero-order chi connectivity index (χ0) is 14.3. The summed E-state index contributed by atoms with van der Waals surface area (Å²) in [6.07, 6.45) is 4.17. The second-order valence-corrected chi connectivity index (χ2v) is 5.48. The fraction of sp³-hybridized carbons (Fsp3) is 0.300. The number of hydrogen-bond donors (Lipinski definition) is 1. The van der Waals surface area contributed by atoms with Gasteiger partial charge in [-0.3, -0.25) is 0 Å². The number of nitrogens with one attached hydrogen (secondary N) is 1. The number of hydrogen-bond acceptors (Lipinski definition) is 1. The molecule has 0 saturated carbocycles. The lowest BCUT2D eigenvalue weighted by Gasteiger charge is -2.07. The maximum Gasteiger partial charge on any atom is 0.0280 e. The molecule has 0 aliphatic carbocycles. The summed E-state index contributed by atoms with van der Waals surface area (Å²) in [7, 11) is 0. The van der Waals surface area contributed by atoms with Gasteiger partial charge in [-0.25, -0.2) is 0 Å². The average molecular weight is 275 g/mol. The van der Waals surface area contributed by atoms with Gasteiger partial charge in [0.05, 0.1) is 0 Å². The molecule has 0 fully saturated rings. The third-order valence-corrected chi connectivity index (χ3v) is 4.00. The van der Waals surface area contributed by atoms with Crippen molar-refractivity contribution < 1.29 is 0 Å². The van der Waals surface area contributed by atoms with Crippen LogP contribution in [0.5, 0.6) is 0 Å². The zero-order valence-corrected chi connectivity index (χ0v) is 12.4. The Labute approximate surface area is 127 Å². The van der Waals surface area contributed by atoms with Crippen molar-refractivity contribution in [2.45, 2.75) is 25.7 Å². The Morgan fingerprint density at radius 1 is 0.905 bits per heavy atom. The van der Waals surface area contributed by atoms with Gasteiger partial charge in [0.25, 0.3) is 0 Å². The number of rotatable bonds is 2. The molecule has 1 aliphatic rings. The molecule has 0 atom stereocenters. The normalized spacial score (nSPS) is 13.7. The van der Waals surface area contributed by atoms with Gasteiger partial charge >= 0.3 is 0 Å². The monoisotopic (exact) mass is 275 g/mol. The van der Waals surface area contributed by atoms with Crippen molar-refractivity contribution in [3.63, 3.8) is 0 Å². The van der Waals surface area contributed by atoms with Crippen LogP contribution in [-0.2, 0) is 19.3 Å². The summed E-state index contributed by atoms with van der Waals surface area (Å²) in [5.41, 5.74) is 5.51. The first-order valence-electron chi connectivity index (χ1n) is 7.78. The van der Waals surface area contributed by atoms with Crippen molar-refractivity contribution in [1.29, 1.82) is 0 Å². The van der Waals surface area contributed by atoms with Crippen LogP contribution in [0.1, 0.15) is 28.7 Å². The maximum atomic E-state index is 3.46. The molecule has 0 unspecified atom stereocenters. The van der Waals surface area contributed by atoms with E-state index in [1.54, 1.807) is 0 Å². The van der Waals surface area contributed by atoms with E-state index in [2.05, 4.69) is 65.7 Å². The molecule has 2 aromatic carbocycles. The van der Waals surface area contributed by atoms with Crippen LogP contribution < -0.4 is 5.32 Å². The van der Waals surface area contributed by atoms with Crippen molar-refractivity contribution >= 4 is 0 Å². The van der Waals surface area contributed by atoms with Crippen LogP contribution >= 0.6 is 0 Å². The highest BCUT2D eigenvalue weighted by molar-refractivity contribution is 5.46. The van der Waals surface area contributed by atoms with Gasteiger partial charge < -0.3 is 5.32 Å². The Balaban J connectivity index is 1.70. The first-order valence-corrected chi connectivity index (χ1v) is 7.78. The predicted molar refractivity (Wildman–Crippen MR) is 88.4 cm³/mol. The van der Waals surface area contributed by atoms with Crippen LogP contribution in [0.15, 0.2) is 48.5 Å². The molecule has 106 valence electrons. The molecule has 0 amide bonds. The molecule has 1 N–H and O–H groups in total. The van der Waals surface area contributed by atoms with Gasteiger partial charge in [-0.15, -0.1) is 0 Å². The Morgan fingerprint density at radius 3 is 2.67 bits per heavy atom. The Kier molecular flexibility index (Phi) is 4.71. The van der Waals surface area contributed by atoms with E-state index in [1.807, 2.05) is 0 Å². The standard InChI is InChI=1S/C20H21N/c1-2-7-17(8-3-1)9-4-5-10-18-11-6-12-19-13-15-21-16-14-20(18)19/h1-3,6-8,11-12,21H,4,9,13-16H2. The van der Waals surface area contributed by atoms with Gasteiger partial charge in [-0.05, 0) is 55.1 Å². The van der Waals surface area contributed by atoms with Gasteiger partial charge in [0.15, 0.2) is 0 Å². The topological polar surface area (TPSA) is 12.0 Å². The van der Waals surface area contributed by atoms with Crippen molar-refractivity contribution in [3.05, 3.63) is 70.8 Å². The van der Waals surface area contributed by atoms with E-state index in [0.29, 0.717) is 0 Å². The number of benzene rings is 2. The summed E-state index contributed by atoms with van der Waals surface area (Å²) < 4.78 is 0. The molecular formula is C20H21N. The van der Waals surface area contributed by atoms with Crippen LogP contribution in [0.2, 0.25) is 0 Å². The highest BCUT2D eigenvalue weighted by Gasteiger charge is 2.09. The summed E-state index contributed by atoms with van der Waals surface area (Å²) in [6.45, 7) is 2.15. The van der Waals surface area contributed by atoms with Crippen LogP contribution in [0.4, 0.5) is 0 Å². The predicted octanol–water partition coefficient (Wildman–Crippen LogP) is 3.36. The van der Waals surface area contributed by atoms with E-state index in [4.69, 9.17) is 0 Å². The summed E-state index contributed by atoms with van der Waals surface area (Å²) in [5, 5.41) is 3.46. The molecule has 0 aromatic heterocycles. The molecule has 21 heavy (non-hydrogen) atoms. The maximum absolute atomic E-state index is 3.46. The summed E-state index contributed by atoms with van der Waals surface area (Å²) >= 11 is 0. The van der Waals surface area contributed by atoms with E-state index >= 15 is 0 Å². The van der Waals surface area contributed by atoms with E-state index in [-0.39, 0.29) is 0 Å². The molecule has 0 spiro atoms. The lowest BCUT2D eigenvalue weighted by Crippen LogP contribution is -2.16. The molecule has 0 radical (unpaired) electrons. The second-order valence-electron chi connectivity index (χ2n) is 5.48. The fourth-order valence-electron chi connectivity index (χ4n) is 2.85. The van der Waals surface area contributed by atoms with Gasteiger partial charge in [0.1, 0.15) is 0 Å². The third kappa shape index (κ3) is 3.74. The van der Waals surface area contributed by atoms with Crippen molar-refractivity contribution in [3.8, 4) is 11.8 Å². The van der Waals surface area contributed by atoms with Gasteiger partial charge in [0.2, 0.25) is 0 Å².